The highest BCUT2D eigenvalue weighted by atomic mass is 19.4. The van der Waals surface area contributed by atoms with E-state index in [-0.39, 0.29) is 6.61 Å². The van der Waals surface area contributed by atoms with Gasteiger partial charge in [-0.2, -0.15) is 13.2 Å². The molecule has 1 fully saturated rings. The van der Waals surface area contributed by atoms with Crippen LogP contribution in [0.2, 0.25) is 0 Å². The largest absolute Gasteiger partial charge is 0.494 e. The number of hydrogen-bond donors (Lipinski definition) is 0. The topological polar surface area (TPSA) is 30.9 Å². The second-order valence-electron chi connectivity index (χ2n) is 9.13. The SMILES string of the molecule is CCOc1ccc(OC/C=C(\c2ccc(C#CCN3CCOCC3)cc2)c2ccc(C(F)(F)F)cc2)cc1C. The first-order valence-electron chi connectivity index (χ1n) is 13.0. The van der Waals surface area contributed by atoms with Gasteiger partial charge in [0.1, 0.15) is 18.1 Å². The summed E-state index contributed by atoms with van der Waals surface area (Å²) in [6, 6.07) is 18.5. The molecule has 7 heteroatoms. The fourth-order valence-corrected chi connectivity index (χ4v) is 4.24. The maximum absolute atomic E-state index is 13.1. The molecule has 0 N–H and O–H groups in total. The second kappa shape index (κ2) is 13.4. The molecule has 39 heavy (non-hydrogen) atoms. The van der Waals surface area contributed by atoms with Crippen molar-refractivity contribution in [3.63, 3.8) is 0 Å². The van der Waals surface area contributed by atoms with Crippen molar-refractivity contribution in [3.8, 4) is 23.3 Å². The first-order valence-corrected chi connectivity index (χ1v) is 13.0. The molecule has 1 aliphatic heterocycles. The predicted molar refractivity (Wildman–Crippen MR) is 147 cm³/mol. The van der Waals surface area contributed by atoms with E-state index >= 15 is 0 Å². The van der Waals surface area contributed by atoms with E-state index in [1.165, 1.54) is 12.1 Å². The summed E-state index contributed by atoms with van der Waals surface area (Å²) in [6.45, 7) is 8.62. The van der Waals surface area contributed by atoms with E-state index in [0.29, 0.717) is 24.5 Å². The Morgan fingerprint density at radius 2 is 1.62 bits per heavy atom. The summed E-state index contributed by atoms with van der Waals surface area (Å²) in [4.78, 5) is 2.25. The molecule has 0 aromatic heterocycles. The number of ether oxygens (including phenoxy) is 3. The van der Waals surface area contributed by atoms with E-state index in [9.17, 15) is 13.2 Å². The molecule has 4 nitrogen and oxygen atoms in total. The number of aryl methyl sites for hydroxylation is 1. The first kappa shape index (κ1) is 28.3. The molecule has 0 saturated carbocycles. The van der Waals surface area contributed by atoms with Gasteiger partial charge in [0.15, 0.2) is 0 Å². The van der Waals surface area contributed by atoms with Gasteiger partial charge in [0, 0.05) is 18.7 Å². The number of halogens is 3. The lowest BCUT2D eigenvalue weighted by Gasteiger charge is -2.24. The highest BCUT2D eigenvalue weighted by Gasteiger charge is 2.30. The first-order chi connectivity index (χ1) is 18.8. The zero-order valence-corrected chi connectivity index (χ0v) is 22.2. The van der Waals surface area contributed by atoms with Crippen LogP contribution in [0, 0.1) is 18.8 Å². The van der Waals surface area contributed by atoms with Crippen LogP contribution in [0.1, 0.15) is 34.7 Å². The lowest BCUT2D eigenvalue weighted by Crippen LogP contribution is -2.36. The lowest BCUT2D eigenvalue weighted by atomic mass is 9.96. The number of hydrogen-bond acceptors (Lipinski definition) is 4. The maximum atomic E-state index is 13.1. The Bertz CT molecular complexity index is 1310. The van der Waals surface area contributed by atoms with E-state index in [1.54, 1.807) is 0 Å². The van der Waals surface area contributed by atoms with Gasteiger partial charge in [-0.3, -0.25) is 4.90 Å². The minimum absolute atomic E-state index is 0.241. The standard InChI is InChI=1S/C32H32F3NO3/c1-3-38-31-15-14-29(23-24(31)2)39-20-16-30(27-10-12-28(13-11-27)32(33,34)35)26-8-6-25(7-9-26)5-4-17-36-18-21-37-22-19-36/h6-16,23H,3,17-22H2,1-2H3/b30-16+. The van der Waals surface area contributed by atoms with Gasteiger partial charge in [-0.1, -0.05) is 36.1 Å². The minimum Gasteiger partial charge on any atom is -0.494 e. The molecule has 1 saturated heterocycles. The van der Waals surface area contributed by atoms with Crippen LogP contribution in [-0.4, -0.2) is 51.0 Å². The van der Waals surface area contributed by atoms with Crippen LogP contribution < -0.4 is 9.47 Å². The number of morpholine rings is 1. The fourth-order valence-electron chi connectivity index (χ4n) is 4.24. The number of alkyl halides is 3. The average Bonchev–Trinajstić information content (AvgIpc) is 2.93. The monoisotopic (exact) mass is 535 g/mol. The second-order valence-corrected chi connectivity index (χ2v) is 9.13. The summed E-state index contributed by atoms with van der Waals surface area (Å²) in [5, 5.41) is 0. The van der Waals surface area contributed by atoms with Gasteiger partial charge in [-0.05, 0) is 84.7 Å². The van der Waals surface area contributed by atoms with Gasteiger partial charge in [-0.25, -0.2) is 0 Å². The van der Waals surface area contributed by atoms with Crippen molar-refractivity contribution in [3.05, 3.63) is 101 Å². The van der Waals surface area contributed by atoms with Gasteiger partial charge >= 0.3 is 6.18 Å². The molecular weight excluding hydrogens is 503 g/mol. The van der Waals surface area contributed by atoms with E-state index in [1.807, 2.05) is 62.4 Å². The third-order valence-electron chi connectivity index (χ3n) is 6.34. The number of benzene rings is 3. The zero-order valence-electron chi connectivity index (χ0n) is 22.2. The van der Waals surface area contributed by atoms with Crippen LogP contribution in [0.3, 0.4) is 0 Å². The van der Waals surface area contributed by atoms with Gasteiger partial charge in [0.25, 0.3) is 0 Å². The van der Waals surface area contributed by atoms with Crippen LogP contribution in [-0.2, 0) is 10.9 Å². The Morgan fingerprint density at radius 1 is 0.949 bits per heavy atom. The molecule has 0 amide bonds. The maximum Gasteiger partial charge on any atom is 0.416 e. The molecular formula is C32H32F3NO3. The smallest absolute Gasteiger partial charge is 0.416 e. The van der Waals surface area contributed by atoms with E-state index < -0.39 is 11.7 Å². The van der Waals surface area contributed by atoms with Crippen LogP contribution in [0.15, 0.2) is 72.8 Å². The summed E-state index contributed by atoms with van der Waals surface area (Å²) in [5.74, 6) is 7.89. The molecule has 0 radical (unpaired) electrons. The molecule has 0 aliphatic carbocycles. The van der Waals surface area contributed by atoms with E-state index in [4.69, 9.17) is 14.2 Å². The van der Waals surface area contributed by atoms with Gasteiger partial charge in [0.2, 0.25) is 0 Å². The van der Waals surface area contributed by atoms with Crippen molar-refractivity contribution < 1.29 is 27.4 Å². The third-order valence-corrected chi connectivity index (χ3v) is 6.34. The summed E-state index contributed by atoms with van der Waals surface area (Å²) < 4.78 is 56.3. The molecule has 0 atom stereocenters. The van der Waals surface area contributed by atoms with Crippen LogP contribution >= 0.6 is 0 Å². The number of nitrogens with zero attached hydrogens (tertiary/aromatic N) is 1. The van der Waals surface area contributed by atoms with Crippen LogP contribution in [0.4, 0.5) is 13.2 Å². The van der Waals surface area contributed by atoms with Gasteiger partial charge in [-0.15, -0.1) is 0 Å². The Hall–Kier alpha value is -3.73. The van der Waals surface area contributed by atoms with E-state index in [2.05, 4.69) is 16.7 Å². The molecule has 3 aromatic rings. The molecule has 0 bridgehead atoms. The molecule has 1 heterocycles. The van der Waals surface area contributed by atoms with E-state index in [0.717, 1.165) is 66.4 Å². The number of rotatable bonds is 8. The normalized spacial score (nSPS) is 14.4. The minimum atomic E-state index is -4.39. The quantitative estimate of drug-likeness (QED) is 0.304. The molecule has 1 aliphatic rings. The van der Waals surface area contributed by atoms with Crippen molar-refractivity contribution in [1.82, 2.24) is 4.90 Å². The Morgan fingerprint density at radius 3 is 2.23 bits per heavy atom. The summed E-state index contributed by atoms with van der Waals surface area (Å²) in [5.41, 5.74) is 3.46. The van der Waals surface area contributed by atoms with Crippen LogP contribution in [0.25, 0.3) is 5.57 Å². The van der Waals surface area contributed by atoms with Gasteiger partial charge < -0.3 is 14.2 Å². The lowest BCUT2D eigenvalue weighted by molar-refractivity contribution is -0.137. The van der Waals surface area contributed by atoms with Crippen molar-refractivity contribution in [1.29, 1.82) is 0 Å². The zero-order chi connectivity index (χ0) is 27.7. The van der Waals surface area contributed by atoms with Crippen LogP contribution in [0.5, 0.6) is 11.5 Å². The molecule has 0 unspecified atom stereocenters. The third kappa shape index (κ3) is 8.13. The molecule has 4 rings (SSSR count). The summed E-state index contributed by atoms with van der Waals surface area (Å²) in [7, 11) is 0. The molecule has 0 spiro atoms. The Kier molecular flexibility index (Phi) is 9.69. The van der Waals surface area contributed by atoms with Gasteiger partial charge in [0.05, 0.1) is 31.9 Å². The highest BCUT2D eigenvalue weighted by Crippen LogP contribution is 2.32. The Labute approximate surface area is 228 Å². The predicted octanol–water partition coefficient (Wildman–Crippen LogP) is 6.61. The average molecular weight is 536 g/mol. The fraction of sp³-hybridized carbons (Fsp3) is 0.312. The summed E-state index contributed by atoms with van der Waals surface area (Å²) in [6.07, 6.45) is -2.51. The van der Waals surface area contributed by atoms with Crippen molar-refractivity contribution in [2.45, 2.75) is 20.0 Å². The molecule has 3 aromatic carbocycles. The summed E-state index contributed by atoms with van der Waals surface area (Å²) >= 11 is 0. The van der Waals surface area contributed by atoms with Crippen molar-refractivity contribution in [2.24, 2.45) is 0 Å². The van der Waals surface area contributed by atoms with Crippen molar-refractivity contribution >= 4 is 5.57 Å². The highest BCUT2D eigenvalue weighted by molar-refractivity contribution is 5.80. The van der Waals surface area contributed by atoms with Crippen molar-refractivity contribution in [2.75, 3.05) is 46.1 Å². The Balaban J connectivity index is 1.53. The molecule has 204 valence electrons.